The molecule has 9 aromatic rings. The summed E-state index contributed by atoms with van der Waals surface area (Å²) in [5.41, 5.74) is 10.9. The molecule has 1 aliphatic rings. The highest BCUT2D eigenvalue weighted by Crippen LogP contribution is 2.54. The van der Waals surface area contributed by atoms with Crippen LogP contribution in [0.25, 0.3) is 72.4 Å². The van der Waals surface area contributed by atoms with Gasteiger partial charge in [0.15, 0.2) is 28.8 Å². The van der Waals surface area contributed by atoms with Gasteiger partial charge in [0.1, 0.15) is 5.75 Å². The van der Waals surface area contributed by atoms with Crippen LogP contribution < -0.4 is 4.74 Å². The first-order valence-electron chi connectivity index (χ1n) is 19.2. The van der Waals surface area contributed by atoms with Crippen LogP contribution in [0, 0.1) is 6.57 Å². The van der Waals surface area contributed by atoms with Crippen LogP contribution in [-0.4, -0.2) is 15.0 Å². The highest BCUT2D eigenvalue weighted by Gasteiger charge is 2.45. The van der Waals surface area contributed by atoms with E-state index in [-0.39, 0.29) is 0 Å². The second kappa shape index (κ2) is 14.6. The lowest BCUT2D eigenvalue weighted by molar-refractivity contribution is 0.153. The number of para-hydroxylation sites is 1. The van der Waals surface area contributed by atoms with E-state index in [1.807, 2.05) is 109 Å². The van der Waals surface area contributed by atoms with E-state index in [1.54, 1.807) is 0 Å². The lowest BCUT2D eigenvalue weighted by Crippen LogP contribution is -2.39. The van der Waals surface area contributed by atoms with Crippen molar-refractivity contribution >= 4 is 5.69 Å². The summed E-state index contributed by atoms with van der Waals surface area (Å²) in [6.45, 7) is 7.96. The van der Waals surface area contributed by atoms with Crippen LogP contribution in [0.1, 0.15) is 16.7 Å². The van der Waals surface area contributed by atoms with E-state index >= 15 is 0 Å². The van der Waals surface area contributed by atoms with Crippen molar-refractivity contribution in [1.29, 1.82) is 0 Å². The molecule has 5 nitrogen and oxygen atoms in total. The Bertz CT molecular complexity index is 2870. The van der Waals surface area contributed by atoms with Gasteiger partial charge in [0.25, 0.3) is 0 Å². The number of aromatic nitrogens is 3. The fourth-order valence-corrected chi connectivity index (χ4v) is 8.01. The second-order valence-corrected chi connectivity index (χ2v) is 14.2. The maximum Gasteiger partial charge on any atom is 0.187 e. The van der Waals surface area contributed by atoms with E-state index in [0.29, 0.717) is 28.9 Å². The van der Waals surface area contributed by atoms with E-state index in [1.165, 1.54) is 0 Å². The SMILES string of the molecule is [C-]#[N+]c1ccc2c(c1)C(c1ccccc1)(c1ccccc1)Oc1c(-c3nc(-c4ccccc4)nc(-c4cc(-c5ccccc5)cc(-c5ccccc5)c4)n3)cccc1-2. The van der Waals surface area contributed by atoms with Gasteiger partial charge in [0.2, 0.25) is 0 Å². The molecule has 0 unspecified atom stereocenters. The van der Waals surface area contributed by atoms with Crippen LogP contribution >= 0.6 is 0 Å². The van der Waals surface area contributed by atoms with Gasteiger partial charge in [-0.05, 0) is 58.1 Å². The zero-order chi connectivity index (χ0) is 38.9. The summed E-state index contributed by atoms with van der Waals surface area (Å²) < 4.78 is 7.54. The summed E-state index contributed by atoms with van der Waals surface area (Å²) in [6, 6.07) is 69.9. The van der Waals surface area contributed by atoms with Gasteiger partial charge >= 0.3 is 0 Å². The van der Waals surface area contributed by atoms with Gasteiger partial charge in [0.05, 0.1) is 12.1 Å². The highest BCUT2D eigenvalue weighted by molar-refractivity contribution is 5.88. The van der Waals surface area contributed by atoms with Crippen molar-refractivity contribution in [2.24, 2.45) is 0 Å². The van der Waals surface area contributed by atoms with E-state index in [0.717, 1.165) is 66.8 Å². The van der Waals surface area contributed by atoms with Gasteiger partial charge in [-0.3, -0.25) is 0 Å². The van der Waals surface area contributed by atoms with Crippen molar-refractivity contribution in [3.8, 4) is 73.3 Å². The highest BCUT2D eigenvalue weighted by atomic mass is 16.5. The number of nitrogens with zero attached hydrogens (tertiary/aromatic N) is 4. The van der Waals surface area contributed by atoms with Crippen LogP contribution in [0.4, 0.5) is 5.69 Å². The molecule has 0 saturated heterocycles. The average Bonchev–Trinajstić information content (AvgIpc) is 3.32. The molecule has 0 radical (unpaired) electrons. The Balaban J connectivity index is 1.24. The van der Waals surface area contributed by atoms with Crippen molar-refractivity contribution in [1.82, 2.24) is 15.0 Å². The molecule has 0 bridgehead atoms. The molecular formula is C53H34N4O. The number of rotatable bonds is 7. The summed E-state index contributed by atoms with van der Waals surface area (Å²) >= 11 is 0. The summed E-state index contributed by atoms with van der Waals surface area (Å²) in [5, 5.41) is 0. The van der Waals surface area contributed by atoms with Gasteiger partial charge in [0, 0.05) is 33.4 Å². The Hall–Kier alpha value is -7.94. The molecule has 0 amide bonds. The van der Waals surface area contributed by atoms with Gasteiger partial charge < -0.3 is 4.74 Å². The maximum absolute atomic E-state index is 7.96. The van der Waals surface area contributed by atoms with E-state index < -0.39 is 5.60 Å². The van der Waals surface area contributed by atoms with Crippen molar-refractivity contribution in [2.45, 2.75) is 5.60 Å². The minimum absolute atomic E-state index is 0.489. The normalized spacial score (nSPS) is 12.4. The second-order valence-electron chi connectivity index (χ2n) is 14.2. The van der Waals surface area contributed by atoms with E-state index in [4.69, 9.17) is 26.3 Å². The summed E-state index contributed by atoms with van der Waals surface area (Å²) in [5.74, 6) is 2.24. The molecule has 0 spiro atoms. The Labute approximate surface area is 337 Å². The summed E-state index contributed by atoms with van der Waals surface area (Å²) in [6.07, 6.45) is 0. The molecule has 1 aromatic heterocycles. The lowest BCUT2D eigenvalue weighted by Gasteiger charge is -2.42. The molecule has 10 rings (SSSR count). The molecule has 0 aliphatic carbocycles. The fraction of sp³-hybridized carbons (Fsp3) is 0.0189. The maximum atomic E-state index is 7.96. The Morgan fingerprint density at radius 2 is 0.845 bits per heavy atom. The molecular weight excluding hydrogens is 709 g/mol. The van der Waals surface area contributed by atoms with E-state index in [2.05, 4.69) is 102 Å². The van der Waals surface area contributed by atoms with Crippen LogP contribution in [0.15, 0.2) is 206 Å². The Morgan fingerprint density at radius 3 is 1.40 bits per heavy atom. The Morgan fingerprint density at radius 1 is 0.379 bits per heavy atom. The largest absolute Gasteiger partial charge is 0.472 e. The van der Waals surface area contributed by atoms with E-state index in [9.17, 15) is 0 Å². The molecule has 0 atom stereocenters. The molecule has 0 fully saturated rings. The topological polar surface area (TPSA) is 52.3 Å². The third-order valence-electron chi connectivity index (χ3n) is 10.7. The third kappa shape index (κ3) is 6.10. The van der Waals surface area contributed by atoms with Crippen LogP contribution in [-0.2, 0) is 5.60 Å². The number of fused-ring (bicyclic) bond motifs is 3. The van der Waals surface area contributed by atoms with Gasteiger partial charge in [-0.1, -0.05) is 176 Å². The fourth-order valence-electron chi connectivity index (χ4n) is 8.01. The molecule has 0 saturated carbocycles. The number of benzene rings is 8. The van der Waals surface area contributed by atoms with Crippen molar-refractivity contribution in [3.05, 3.63) is 234 Å². The lowest BCUT2D eigenvalue weighted by atomic mass is 9.74. The first-order chi connectivity index (χ1) is 28.7. The number of hydrogen-bond donors (Lipinski definition) is 0. The molecule has 5 heteroatoms. The number of hydrogen-bond acceptors (Lipinski definition) is 4. The average molecular weight is 743 g/mol. The first kappa shape index (κ1) is 34.5. The Kier molecular flexibility index (Phi) is 8.70. The van der Waals surface area contributed by atoms with Crippen molar-refractivity contribution in [2.75, 3.05) is 0 Å². The van der Waals surface area contributed by atoms with Gasteiger partial charge in [-0.15, -0.1) is 0 Å². The van der Waals surface area contributed by atoms with Crippen molar-refractivity contribution in [3.63, 3.8) is 0 Å². The molecule has 272 valence electrons. The monoisotopic (exact) mass is 742 g/mol. The van der Waals surface area contributed by atoms with Crippen LogP contribution in [0.3, 0.4) is 0 Å². The predicted molar refractivity (Wildman–Crippen MR) is 232 cm³/mol. The molecule has 1 aliphatic heterocycles. The first-order valence-corrected chi connectivity index (χ1v) is 19.2. The quantitative estimate of drug-likeness (QED) is 0.153. The molecule has 58 heavy (non-hydrogen) atoms. The molecule has 0 N–H and O–H groups in total. The van der Waals surface area contributed by atoms with Crippen molar-refractivity contribution < 1.29 is 4.74 Å². The van der Waals surface area contributed by atoms with Gasteiger partial charge in [-0.2, -0.15) is 0 Å². The minimum Gasteiger partial charge on any atom is -0.472 e. The zero-order valence-corrected chi connectivity index (χ0v) is 31.3. The summed E-state index contributed by atoms with van der Waals surface area (Å²) in [7, 11) is 0. The molecule has 2 heterocycles. The number of ether oxygens (including phenoxy) is 1. The standard InChI is InChI=1S/C53H34N4O/c1-54-44-30-31-45-46-28-17-29-47(49(46)58-53(48(45)35-44,42-24-13-5-14-25-42)43-26-15-6-16-27-43)52-56-50(38-22-11-4-12-23-38)55-51(57-52)41-33-39(36-18-7-2-8-19-36)32-40(34-41)37-20-9-3-10-21-37/h2-35H. The van der Waals surface area contributed by atoms with Crippen LogP contribution in [0.5, 0.6) is 5.75 Å². The summed E-state index contributed by atoms with van der Waals surface area (Å²) in [4.78, 5) is 19.5. The third-order valence-corrected chi connectivity index (χ3v) is 10.7. The zero-order valence-electron chi connectivity index (χ0n) is 31.3. The van der Waals surface area contributed by atoms with Crippen LogP contribution in [0.2, 0.25) is 0 Å². The van der Waals surface area contributed by atoms with Gasteiger partial charge in [-0.25, -0.2) is 19.8 Å². The predicted octanol–water partition coefficient (Wildman–Crippen LogP) is 13.1. The minimum atomic E-state index is -1.09. The molecule has 8 aromatic carbocycles. The smallest absolute Gasteiger partial charge is 0.187 e.